The Morgan fingerprint density at radius 3 is 2.52 bits per heavy atom. The number of nitrogens with one attached hydrogen (secondary N) is 1. The molecule has 1 heterocycles. The molecule has 0 spiro atoms. The highest BCUT2D eigenvalue weighted by atomic mass is 35.5. The third-order valence-electron chi connectivity index (χ3n) is 4.82. The van der Waals surface area contributed by atoms with Gasteiger partial charge < -0.3 is 14.8 Å². The first-order valence-electron chi connectivity index (χ1n) is 9.35. The van der Waals surface area contributed by atoms with E-state index in [0.29, 0.717) is 33.5 Å². The Kier molecular flexibility index (Phi) is 5.47. The van der Waals surface area contributed by atoms with Crippen LogP contribution in [0.3, 0.4) is 0 Å². The van der Waals surface area contributed by atoms with Crippen molar-refractivity contribution in [3.05, 3.63) is 83.0 Å². The van der Waals surface area contributed by atoms with Crippen LogP contribution in [0.5, 0.6) is 11.5 Å². The van der Waals surface area contributed by atoms with Crippen LogP contribution in [0.4, 0.5) is 0 Å². The standard InChI is InChI=1S/C23H18ClNO5S/c1-14-9-15(11-22(26)27)10-19(24)23(14)30-16-7-8-20-18(12-16)21(13-25-20)31(28,29)17-5-3-2-4-6-17/h2-10,12-13,25H,11H2,1H3,(H,26,27). The molecule has 3 aromatic carbocycles. The molecule has 158 valence electrons. The number of carbonyl (C=O) groups is 1. The van der Waals surface area contributed by atoms with E-state index in [9.17, 15) is 13.2 Å². The molecule has 0 saturated heterocycles. The maximum absolute atomic E-state index is 13.1. The number of hydrogen-bond acceptors (Lipinski definition) is 4. The molecule has 6 nitrogen and oxygen atoms in total. The number of rotatable bonds is 6. The van der Waals surface area contributed by atoms with E-state index in [1.165, 1.54) is 6.20 Å². The Hall–Kier alpha value is -3.29. The highest BCUT2D eigenvalue weighted by molar-refractivity contribution is 7.91. The van der Waals surface area contributed by atoms with Crippen molar-refractivity contribution in [2.75, 3.05) is 0 Å². The third kappa shape index (κ3) is 4.15. The van der Waals surface area contributed by atoms with E-state index in [4.69, 9.17) is 21.4 Å². The van der Waals surface area contributed by atoms with Crippen molar-refractivity contribution in [2.45, 2.75) is 23.1 Å². The molecule has 31 heavy (non-hydrogen) atoms. The molecule has 0 unspecified atom stereocenters. The van der Waals surface area contributed by atoms with Crippen LogP contribution in [-0.4, -0.2) is 24.5 Å². The summed E-state index contributed by atoms with van der Waals surface area (Å²) in [6.45, 7) is 1.77. The average molecular weight is 456 g/mol. The highest BCUT2D eigenvalue weighted by Gasteiger charge is 2.22. The van der Waals surface area contributed by atoms with Crippen molar-refractivity contribution in [3.63, 3.8) is 0 Å². The number of carboxylic acids is 1. The molecule has 0 aliphatic carbocycles. The van der Waals surface area contributed by atoms with Crippen molar-refractivity contribution >= 4 is 38.3 Å². The number of fused-ring (bicyclic) bond motifs is 1. The van der Waals surface area contributed by atoms with Crippen LogP contribution < -0.4 is 4.74 Å². The van der Waals surface area contributed by atoms with Gasteiger partial charge in [-0.15, -0.1) is 0 Å². The number of aromatic amines is 1. The molecule has 1 aromatic heterocycles. The van der Waals surface area contributed by atoms with Gasteiger partial charge in [-0.2, -0.15) is 0 Å². The first-order chi connectivity index (χ1) is 14.8. The fourth-order valence-corrected chi connectivity index (χ4v) is 5.18. The van der Waals surface area contributed by atoms with Gasteiger partial charge in [-0.05, 0) is 54.4 Å². The zero-order valence-electron chi connectivity index (χ0n) is 16.4. The third-order valence-corrected chi connectivity index (χ3v) is 6.91. The van der Waals surface area contributed by atoms with E-state index >= 15 is 0 Å². The summed E-state index contributed by atoms with van der Waals surface area (Å²) in [5.74, 6) is -0.153. The molecule has 0 amide bonds. The Labute approximate surface area is 184 Å². The second kappa shape index (κ2) is 8.09. The Morgan fingerprint density at radius 1 is 1.10 bits per heavy atom. The molecule has 0 fully saturated rings. The zero-order valence-corrected chi connectivity index (χ0v) is 18.0. The van der Waals surface area contributed by atoms with Crippen LogP contribution in [-0.2, 0) is 21.1 Å². The summed E-state index contributed by atoms with van der Waals surface area (Å²) in [4.78, 5) is 14.3. The molecule has 0 saturated carbocycles. The quantitative estimate of drug-likeness (QED) is 0.406. The lowest BCUT2D eigenvalue weighted by Crippen LogP contribution is -2.01. The van der Waals surface area contributed by atoms with Crippen LogP contribution in [0, 0.1) is 6.92 Å². The van der Waals surface area contributed by atoms with E-state index in [0.717, 1.165) is 0 Å². The number of hydrogen-bond donors (Lipinski definition) is 2. The summed E-state index contributed by atoms with van der Waals surface area (Å²) in [5, 5.41) is 9.76. The minimum atomic E-state index is -3.71. The van der Waals surface area contributed by atoms with E-state index < -0.39 is 15.8 Å². The predicted octanol–water partition coefficient (Wildman–Crippen LogP) is 5.38. The molecule has 2 N–H and O–H groups in total. The minimum Gasteiger partial charge on any atom is -0.481 e. The summed E-state index contributed by atoms with van der Waals surface area (Å²) >= 11 is 6.33. The van der Waals surface area contributed by atoms with Crippen LogP contribution in [0.2, 0.25) is 5.02 Å². The smallest absolute Gasteiger partial charge is 0.307 e. The molecule has 0 bridgehead atoms. The monoisotopic (exact) mass is 455 g/mol. The van der Waals surface area contributed by atoms with Crippen molar-refractivity contribution < 1.29 is 23.1 Å². The van der Waals surface area contributed by atoms with E-state index in [2.05, 4.69) is 4.98 Å². The van der Waals surface area contributed by atoms with Gasteiger partial charge in [-0.3, -0.25) is 4.79 Å². The number of carboxylic acid groups (broad SMARTS) is 1. The summed E-state index contributed by atoms with van der Waals surface area (Å²) in [7, 11) is -3.71. The van der Waals surface area contributed by atoms with E-state index in [-0.39, 0.29) is 21.2 Å². The molecular formula is C23H18ClNO5S. The van der Waals surface area contributed by atoms with Gasteiger partial charge in [-0.25, -0.2) is 8.42 Å². The summed E-state index contributed by atoms with van der Waals surface area (Å²) in [5.41, 5.74) is 1.90. The van der Waals surface area contributed by atoms with Gasteiger partial charge in [0, 0.05) is 17.1 Å². The fourth-order valence-electron chi connectivity index (χ4n) is 3.41. The number of ether oxygens (including phenoxy) is 1. The molecule has 8 heteroatoms. The van der Waals surface area contributed by atoms with Gasteiger partial charge in [0.1, 0.15) is 11.5 Å². The van der Waals surface area contributed by atoms with Crippen LogP contribution in [0.1, 0.15) is 11.1 Å². The van der Waals surface area contributed by atoms with Gasteiger partial charge in [-0.1, -0.05) is 35.9 Å². The van der Waals surface area contributed by atoms with Crippen molar-refractivity contribution in [1.82, 2.24) is 4.98 Å². The largest absolute Gasteiger partial charge is 0.481 e. The van der Waals surface area contributed by atoms with Crippen molar-refractivity contribution in [1.29, 1.82) is 0 Å². The van der Waals surface area contributed by atoms with E-state index in [1.54, 1.807) is 67.6 Å². The number of halogens is 1. The highest BCUT2D eigenvalue weighted by Crippen LogP contribution is 2.36. The van der Waals surface area contributed by atoms with E-state index in [1.807, 2.05) is 0 Å². The maximum Gasteiger partial charge on any atom is 0.307 e. The molecule has 4 aromatic rings. The summed E-state index contributed by atoms with van der Waals surface area (Å²) in [6.07, 6.45) is 1.33. The Morgan fingerprint density at radius 2 is 1.84 bits per heavy atom. The minimum absolute atomic E-state index is 0.142. The molecule has 0 atom stereocenters. The van der Waals surface area contributed by atoms with Crippen LogP contribution in [0.25, 0.3) is 10.9 Å². The van der Waals surface area contributed by atoms with Crippen molar-refractivity contribution in [2.24, 2.45) is 0 Å². The number of aliphatic carboxylic acids is 1. The summed E-state index contributed by atoms with van der Waals surface area (Å²) < 4.78 is 32.1. The maximum atomic E-state index is 13.1. The number of sulfone groups is 1. The second-order valence-corrected chi connectivity index (χ2v) is 9.40. The number of benzene rings is 3. The van der Waals surface area contributed by atoms with Crippen LogP contribution >= 0.6 is 11.6 Å². The topological polar surface area (TPSA) is 96.5 Å². The normalized spacial score (nSPS) is 11.5. The number of H-pyrrole nitrogens is 1. The Balaban J connectivity index is 1.73. The lowest BCUT2D eigenvalue weighted by Gasteiger charge is -2.13. The van der Waals surface area contributed by atoms with Gasteiger partial charge >= 0.3 is 5.97 Å². The van der Waals surface area contributed by atoms with Gasteiger partial charge in [0.25, 0.3) is 0 Å². The molecule has 0 aliphatic rings. The SMILES string of the molecule is Cc1cc(CC(=O)O)cc(Cl)c1Oc1ccc2[nH]cc(S(=O)(=O)c3ccccc3)c2c1. The second-order valence-electron chi connectivity index (χ2n) is 7.07. The molecule has 4 rings (SSSR count). The first-order valence-corrected chi connectivity index (χ1v) is 11.2. The van der Waals surface area contributed by atoms with Crippen molar-refractivity contribution in [3.8, 4) is 11.5 Å². The lowest BCUT2D eigenvalue weighted by atomic mass is 10.1. The molecular weight excluding hydrogens is 438 g/mol. The van der Waals surface area contributed by atoms with Gasteiger partial charge in [0.2, 0.25) is 9.84 Å². The number of aromatic nitrogens is 1. The fraction of sp³-hybridized carbons (Fsp3) is 0.0870. The molecule has 0 radical (unpaired) electrons. The molecule has 0 aliphatic heterocycles. The predicted molar refractivity (Wildman–Crippen MR) is 118 cm³/mol. The van der Waals surface area contributed by atoms with Crippen LogP contribution in [0.15, 0.2) is 76.7 Å². The average Bonchev–Trinajstić information content (AvgIpc) is 3.15. The summed E-state index contributed by atoms with van der Waals surface area (Å²) in [6, 6.07) is 16.6. The zero-order chi connectivity index (χ0) is 22.2. The number of aryl methyl sites for hydroxylation is 1. The first kappa shape index (κ1) is 21.0. The Bertz CT molecular complexity index is 1370. The lowest BCUT2D eigenvalue weighted by molar-refractivity contribution is -0.136. The van der Waals surface area contributed by atoms with Gasteiger partial charge in [0.15, 0.2) is 0 Å². The van der Waals surface area contributed by atoms with Gasteiger partial charge in [0.05, 0.1) is 21.2 Å².